The number of alkyl halides is 8. The van der Waals surface area contributed by atoms with E-state index >= 15 is 0 Å². The van der Waals surface area contributed by atoms with Gasteiger partial charge in [-0.3, -0.25) is 0 Å². The van der Waals surface area contributed by atoms with Gasteiger partial charge in [0.15, 0.2) is 39.3 Å². The largest absolute Gasteiger partial charge is 0.434 e. The lowest BCUT2D eigenvalue weighted by molar-refractivity contribution is -0.0514. The molecule has 8 atom stereocenters. The van der Waals surface area contributed by atoms with E-state index in [0.29, 0.717) is 132 Å². The molecule has 0 radical (unpaired) electrons. The van der Waals surface area contributed by atoms with Crippen molar-refractivity contribution in [3.8, 4) is 23.0 Å². The molecule has 760 valence electrons. The van der Waals surface area contributed by atoms with E-state index in [1.54, 1.807) is 240 Å². The summed E-state index contributed by atoms with van der Waals surface area (Å²) in [6.45, 7) is 2.49. The molecule has 8 heterocycles. The number of hydrogen-bond donors (Lipinski definition) is 4. The molecule has 40 heteroatoms. The van der Waals surface area contributed by atoms with Crippen molar-refractivity contribution >= 4 is 83.5 Å². The molecule has 4 aliphatic heterocycles. The summed E-state index contributed by atoms with van der Waals surface area (Å²) in [6, 6.07) is 63.4. The highest BCUT2D eigenvalue weighted by Crippen LogP contribution is 2.50. The predicted octanol–water partition coefficient (Wildman–Crippen LogP) is 22.0. The van der Waals surface area contributed by atoms with E-state index in [0.717, 1.165) is 22.3 Å². The molecule has 0 fully saturated rings. The fraction of sp³-hybridized carbons (Fsp3) is 0.269. The zero-order chi connectivity index (χ0) is 105. The van der Waals surface area contributed by atoms with Crippen molar-refractivity contribution in [3.63, 3.8) is 0 Å². The van der Waals surface area contributed by atoms with Crippen LogP contribution in [0, 0.1) is 78.7 Å². The van der Waals surface area contributed by atoms with Crippen molar-refractivity contribution in [3.05, 3.63) is 356 Å². The van der Waals surface area contributed by atoms with Crippen molar-refractivity contribution in [1.82, 2.24) is 38.2 Å². The first kappa shape index (κ1) is 108. The number of hydrogen-bond acceptors (Lipinski definition) is 20. The lowest BCUT2D eigenvalue weighted by Crippen LogP contribution is -2.10. The van der Waals surface area contributed by atoms with Gasteiger partial charge in [-0.15, -0.1) is 0 Å². The number of halogens is 12. The van der Waals surface area contributed by atoms with Gasteiger partial charge >= 0.3 is 26.4 Å². The lowest BCUT2D eigenvalue weighted by atomic mass is 10.0. The van der Waals surface area contributed by atoms with E-state index < -0.39 is 114 Å². The van der Waals surface area contributed by atoms with Gasteiger partial charge in [-0.2, -0.15) is 35.1 Å². The van der Waals surface area contributed by atoms with E-state index in [4.69, 9.17) is 0 Å². The van der Waals surface area contributed by atoms with Crippen LogP contribution in [0.5, 0.6) is 23.0 Å². The molecule has 0 unspecified atom stereocenters. The number of nitrogens with zero attached hydrogens (tertiary/aromatic N) is 8. The van der Waals surface area contributed by atoms with Crippen LogP contribution in [-0.4, -0.2) is 144 Å². The number of rotatable bonds is 16. The summed E-state index contributed by atoms with van der Waals surface area (Å²) in [5.41, 5.74) is 12.5. The fourth-order valence-corrected chi connectivity index (χ4v) is 19.5. The lowest BCUT2D eigenvalue weighted by Gasteiger charge is -2.18. The third-order valence-corrected chi connectivity index (χ3v) is 28.5. The smallest absolute Gasteiger partial charge is 0.387 e. The first-order valence-electron chi connectivity index (χ1n) is 44.5. The summed E-state index contributed by atoms with van der Waals surface area (Å²) in [6.07, 6.45) is 2.54. The Kier molecular flexibility index (Phi) is 33.5. The minimum atomic E-state index is -3.02. The van der Waals surface area contributed by atoms with Gasteiger partial charge in [0.05, 0.1) is 87.9 Å². The van der Waals surface area contributed by atoms with Crippen molar-refractivity contribution in [2.24, 2.45) is 0 Å². The topological polar surface area (TPSA) is 326 Å². The number of imidazole rings is 4. The fourth-order valence-electron chi connectivity index (χ4n) is 16.9. The number of sulfone groups is 4. The molecular weight excluding hydrogens is 1970 g/mol. The monoisotopic (exact) mass is 2070 g/mol. The molecule has 20 rings (SSSR count). The Bertz CT molecular complexity index is 6920. The number of benzene rings is 12. The summed E-state index contributed by atoms with van der Waals surface area (Å²) in [4.78, 5) is 18.8. The molecule has 0 aliphatic carbocycles. The maximum atomic E-state index is 13.8. The van der Waals surface area contributed by atoms with Crippen LogP contribution >= 0.6 is 0 Å². The van der Waals surface area contributed by atoms with Gasteiger partial charge < -0.3 is 57.6 Å². The molecule has 0 saturated carbocycles. The van der Waals surface area contributed by atoms with Crippen LogP contribution in [0.2, 0.25) is 0 Å². The van der Waals surface area contributed by atoms with E-state index in [-0.39, 0.29) is 72.0 Å². The Morgan fingerprint density at radius 2 is 0.438 bits per heavy atom. The molecular formula is C104H100F12N8O16S4. The molecule has 4 aromatic heterocycles. The second-order valence-electron chi connectivity index (χ2n) is 34.8. The minimum Gasteiger partial charge on any atom is -0.434 e. The second-order valence-corrected chi connectivity index (χ2v) is 42.9. The van der Waals surface area contributed by atoms with Crippen molar-refractivity contribution in [1.29, 1.82) is 0 Å². The van der Waals surface area contributed by atoms with Crippen molar-refractivity contribution < 1.29 is 126 Å². The number of para-hydroxylation sites is 4. The first-order valence-corrected chi connectivity index (χ1v) is 52.0. The Labute approximate surface area is 822 Å². The summed E-state index contributed by atoms with van der Waals surface area (Å²) >= 11 is 0. The molecule has 16 aromatic rings. The van der Waals surface area contributed by atoms with Crippen LogP contribution in [0.15, 0.2) is 262 Å². The third-order valence-electron chi connectivity index (χ3n) is 24.0. The predicted molar refractivity (Wildman–Crippen MR) is 518 cm³/mol. The summed E-state index contributed by atoms with van der Waals surface area (Å²) in [5, 5.41) is 41.4. The Hall–Kier alpha value is -13.5. The van der Waals surface area contributed by atoms with Gasteiger partial charge in [0.2, 0.25) is 0 Å². The quantitative estimate of drug-likeness (QED) is 0.0653. The molecule has 144 heavy (non-hydrogen) atoms. The summed E-state index contributed by atoms with van der Waals surface area (Å²) in [5.74, 6) is 0.322. The summed E-state index contributed by atoms with van der Waals surface area (Å²) in [7, 11) is -12.1. The van der Waals surface area contributed by atoms with Crippen LogP contribution in [0.3, 0.4) is 0 Å². The number of aliphatic hydroxyl groups excluding tert-OH is 4. The van der Waals surface area contributed by atoms with Gasteiger partial charge in [-0.25, -0.2) is 71.2 Å². The highest BCUT2D eigenvalue weighted by Gasteiger charge is 2.41. The van der Waals surface area contributed by atoms with Crippen molar-refractivity contribution in [2.75, 3.05) is 25.0 Å². The zero-order valence-electron chi connectivity index (χ0n) is 79.3. The molecule has 4 N–H and O–H groups in total. The van der Waals surface area contributed by atoms with Gasteiger partial charge in [-0.05, 0) is 175 Å². The number of aryl methyl sites for hydroxylation is 8. The molecule has 0 saturated heterocycles. The van der Waals surface area contributed by atoms with Crippen LogP contribution in [0.1, 0.15) is 164 Å². The number of ether oxygens (including phenoxy) is 4. The molecule has 12 aromatic carbocycles. The van der Waals surface area contributed by atoms with Crippen LogP contribution in [0.4, 0.5) is 52.7 Å². The number of aliphatic hydroxyl groups is 4. The van der Waals surface area contributed by atoms with Crippen molar-refractivity contribution in [2.45, 2.75) is 176 Å². The molecule has 24 nitrogen and oxygen atoms in total. The zero-order valence-corrected chi connectivity index (χ0v) is 82.6. The standard InChI is InChI=1S/4C18H15F3N2O2.4C8H10O2S/c4*1-9-6-14-12(7-11(9)19)22-17-15(24)8-13(23(14)17)10-4-2-3-5-16(10)25-18(20)21;4*1-7-3-5-8(6-4-7)11(2,9)10/h4*2-7,13,15,18,24H,8H2,1H3;4*3-6H,1-2H3/t2*13-,15+;2*13-,15-;;;;/m1010..../s1. The van der Waals surface area contributed by atoms with E-state index in [2.05, 4.69) is 38.9 Å². The van der Waals surface area contributed by atoms with Gasteiger partial charge in [0, 0.05) is 97.2 Å². The molecule has 0 spiro atoms. The third kappa shape index (κ3) is 25.5. The first-order chi connectivity index (χ1) is 67.8. The van der Waals surface area contributed by atoms with Crippen LogP contribution in [0.25, 0.3) is 44.1 Å². The Balaban J connectivity index is 0.000000142. The van der Waals surface area contributed by atoms with Gasteiger partial charge in [-0.1, -0.05) is 144 Å². The molecule has 0 bridgehead atoms. The molecule has 0 amide bonds. The van der Waals surface area contributed by atoms with Gasteiger partial charge in [0.25, 0.3) is 0 Å². The SMILES string of the molecule is Cc1cc2c(cc1F)nc1n2[C@@H](c2ccccc2OC(F)F)C[C@@H]1O.Cc1cc2c(cc1F)nc1n2[C@@H](c2ccccc2OC(F)F)C[C@H]1O.Cc1cc2c(cc1F)nc1n2[C@H](c2ccccc2OC(F)F)C[C@@H]1O.Cc1cc2c(cc1F)nc1n2[C@H](c2ccccc2OC(F)F)C[C@H]1O.Cc1ccc(S(C)(=O)=O)cc1.Cc1ccc(S(C)(=O)=O)cc1.Cc1ccc(S(C)(=O)=O)cc1.Cc1ccc(S(C)(=O)=O)cc1. The normalized spacial score (nSPS) is 17.1. The van der Waals surface area contributed by atoms with E-state index in [1.165, 1.54) is 73.6 Å². The second kappa shape index (κ2) is 44.8. The Morgan fingerprint density at radius 1 is 0.271 bits per heavy atom. The Morgan fingerprint density at radius 3 is 0.597 bits per heavy atom. The molecule has 4 aliphatic rings. The van der Waals surface area contributed by atoms with E-state index in [9.17, 15) is 107 Å². The number of aromatic nitrogens is 8. The highest BCUT2D eigenvalue weighted by molar-refractivity contribution is 7.91. The summed E-state index contributed by atoms with van der Waals surface area (Å²) < 4.78 is 270. The van der Waals surface area contributed by atoms with Gasteiger partial charge in [0.1, 0.15) is 94.0 Å². The maximum Gasteiger partial charge on any atom is 0.387 e. The van der Waals surface area contributed by atoms with E-state index in [1.807, 2.05) is 27.7 Å². The maximum absolute atomic E-state index is 13.8. The average Bonchev–Trinajstić information content (AvgIpc) is 1.60. The highest BCUT2D eigenvalue weighted by atomic mass is 32.2. The van der Waals surface area contributed by atoms with Crippen LogP contribution in [-0.2, 0) is 39.3 Å². The minimum absolute atomic E-state index is 0.0585. The van der Waals surface area contributed by atoms with Crippen LogP contribution < -0.4 is 18.9 Å². The number of fused-ring (bicyclic) bond motifs is 12. The average molecular weight is 2070 g/mol.